The molecule has 0 radical (unpaired) electrons. The van der Waals surface area contributed by atoms with Crippen LogP contribution in [0.2, 0.25) is 5.02 Å². The number of fused-ring (bicyclic) bond motifs is 3. The molecule has 0 saturated carbocycles. The Labute approximate surface area is 176 Å². The number of thiophene rings is 1. The number of benzene rings is 2. The van der Waals surface area contributed by atoms with E-state index in [0.717, 1.165) is 28.1 Å². The van der Waals surface area contributed by atoms with E-state index in [4.69, 9.17) is 16.3 Å². The topological polar surface area (TPSA) is 52.0 Å². The molecule has 0 amide bonds. The minimum absolute atomic E-state index is 0.110. The molecule has 6 rings (SSSR count). The van der Waals surface area contributed by atoms with E-state index in [1.807, 2.05) is 41.1 Å². The molecule has 1 N–H and O–H groups in total. The van der Waals surface area contributed by atoms with Crippen LogP contribution in [0.5, 0.6) is 5.75 Å². The predicted octanol–water partition coefficient (Wildman–Crippen LogP) is 5.55. The summed E-state index contributed by atoms with van der Waals surface area (Å²) in [6, 6.07) is 20.1. The molecule has 0 unspecified atom stereocenters. The molecule has 4 aromatic rings. The number of nitrogens with zero attached hydrogens (tertiary/aromatic N) is 3. The van der Waals surface area contributed by atoms with E-state index in [9.17, 15) is 0 Å². The second-order valence-electron chi connectivity index (χ2n) is 6.95. The van der Waals surface area contributed by atoms with Gasteiger partial charge in [-0.25, -0.2) is 4.68 Å². The summed E-state index contributed by atoms with van der Waals surface area (Å²) >= 11 is 8.04. The highest BCUT2D eigenvalue weighted by Crippen LogP contribution is 2.51. The summed E-state index contributed by atoms with van der Waals surface area (Å²) < 4.78 is 8.48. The van der Waals surface area contributed by atoms with Crippen molar-refractivity contribution in [2.75, 3.05) is 5.32 Å². The van der Waals surface area contributed by atoms with E-state index in [1.165, 1.54) is 4.88 Å². The Morgan fingerprint density at radius 2 is 1.97 bits per heavy atom. The summed E-state index contributed by atoms with van der Waals surface area (Å²) in [5.41, 5.74) is 4.12. The molecule has 29 heavy (non-hydrogen) atoms. The van der Waals surface area contributed by atoms with Crippen LogP contribution in [0.1, 0.15) is 28.1 Å². The van der Waals surface area contributed by atoms with Crippen molar-refractivity contribution in [2.24, 2.45) is 0 Å². The average Bonchev–Trinajstić information content (AvgIpc) is 3.44. The van der Waals surface area contributed by atoms with E-state index >= 15 is 0 Å². The quantitative estimate of drug-likeness (QED) is 0.463. The number of ether oxygens (including phenoxy) is 1. The largest absolute Gasteiger partial charge is 0.480 e. The van der Waals surface area contributed by atoms with Crippen LogP contribution in [0.3, 0.4) is 0 Å². The number of anilines is 1. The van der Waals surface area contributed by atoms with Crippen molar-refractivity contribution in [2.45, 2.75) is 12.1 Å². The second kappa shape index (κ2) is 6.47. The van der Waals surface area contributed by atoms with Crippen LogP contribution in [0.4, 0.5) is 5.95 Å². The Bertz CT molecular complexity index is 1230. The third-order valence-corrected chi connectivity index (χ3v) is 6.45. The van der Waals surface area contributed by atoms with E-state index in [2.05, 4.69) is 45.0 Å². The Kier molecular flexibility index (Phi) is 3.76. The molecule has 2 aromatic heterocycles. The molecule has 4 heterocycles. The Morgan fingerprint density at radius 3 is 2.79 bits per heavy atom. The summed E-state index contributed by atoms with van der Waals surface area (Å²) in [5, 5.41) is 10.8. The van der Waals surface area contributed by atoms with Gasteiger partial charge in [-0.1, -0.05) is 48.0 Å². The van der Waals surface area contributed by atoms with Crippen LogP contribution in [0, 0.1) is 0 Å². The fourth-order valence-electron chi connectivity index (χ4n) is 4.07. The van der Waals surface area contributed by atoms with Gasteiger partial charge in [0.05, 0.1) is 5.70 Å². The van der Waals surface area contributed by atoms with Crippen LogP contribution in [-0.4, -0.2) is 14.8 Å². The summed E-state index contributed by atoms with van der Waals surface area (Å²) in [4.78, 5) is 5.62. The van der Waals surface area contributed by atoms with E-state index in [1.54, 1.807) is 17.7 Å². The first kappa shape index (κ1) is 16.8. The zero-order valence-corrected chi connectivity index (χ0v) is 16.7. The number of rotatable bonds is 2. The Morgan fingerprint density at radius 1 is 1.07 bits per heavy atom. The van der Waals surface area contributed by atoms with E-state index in [-0.39, 0.29) is 12.1 Å². The van der Waals surface area contributed by atoms with Gasteiger partial charge in [0, 0.05) is 21.0 Å². The molecule has 2 aromatic carbocycles. The summed E-state index contributed by atoms with van der Waals surface area (Å²) in [5.74, 6) is 1.51. The Balaban J connectivity index is 1.65. The SMILES string of the molecule is Clc1ccc2c(c1)C1=C([C@H](c3ccccc3)O2)[C@@H](c2cccs2)n2ncnc2N1. The molecule has 0 aliphatic carbocycles. The number of nitrogens with one attached hydrogen (secondary N) is 1. The molecule has 142 valence electrons. The lowest BCUT2D eigenvalue weighted by atomic mass is 9.87. The van der Waals surface area contributed by atoms with Gasteiger partial charge in [0.2, 0.25) is 5.95 Å². The fraction of sp³-hybridized carbons (Fsp3) is 0.0909. The molecule has 2 aliphatic rings. The number of hydrogen-bond acceptors (Lipinski definition) is 5. The maximum atomic E-state index is 6.55. The number of halogens is 1. The zero-order chi connectivity index (χ0) is 19.4. The molecule has 0 bridgehead atoms. The summed E-state index contributed by atoms with van der Waals surface area (Å²) in [6.07, 6.45) is 1.33. The lowest BCUT2D eigenvalue weighted by Gasteiger charge is -2.38. The highest BCUT2D eigenvalue weighted by Gasteiger charge is 2.41. The second-order valence-corrected chi connectivity index (χ2v) is 8.37. The minimum atomic E-state index is -0.253. The molecule has 7 heteroatoms. The van der Waals surface area contributed by atoms with Gasteiger partial charge >= 0.3 is 0 Å². The maximum Gasteiger partial charge on any atom is 0.226 e. The average molecular weight is 419 g/mol. The Hall–Kier alpha value is -3.09. The fourth-order valence-corrected chi connectivity index (χ4v) is 5.06. The standard InChI is InChI=1S/C22H15ClN4OS/c23-14-8-9-16-15(11-14)19-18(21(28-16)13-5-2-1-3-6-13)20(17-7-4-10-29-17)27-22(26-19)24-12-25-27/h1-12,20-21H,(H,24,25,26)/t20-,21+/m1/s1. The normalized spacial score (nSPS) is 19.6. The highest BCUT2D eigenvalue weighted by molar-refractivity contribution is 7.10. The first-order chi connectivity index (χ1) is 14.3. The van der Waals surface area contributed by atoms with E-state index < -0.39 is 0 Å². The monoisotopic (exact) mass is 418 g/mol. The molecule has 2 aliphatic heterocycles. The van der Waals surface area contributed by atoms with Crippen molar-refractivity contribution in [3.05, 3.63) is 99.0 Å². The van der Waals surface area contributed by atoms with Crippen molar-refractivity contribution in [3.63, 3.8) is 0 Å². The minimum Gasteiger partial charge on any atom is -0.480 e. The third-order valence-electron chi connectivity index (χ3n) is 5.29. The summed E-state index contributed by atoms with van der Waals surface area (Å²) in [6.45, 7) is 0. The van der Waals surface area contributed by atoms with Gasteiger partial charge in [-0.2, -0.15) is 10.1 Å². The van der Waals surface area contributed by atoms with Gasteiger partial charge in [0.25, 0.3) is 0 Å². The van der Waals surface area contributed by atoms with Crippen LogP contribution in [0.25, 0.3) is 5.70 Å². The molecular weight excluding hydrogens is 404 g/mol. The van der Waals surface area contributed by atoms with Crippen molar-refractivity contribution < 1.29 is 4.74 Å². The van der Waals surface area contributed by atoms with Crippen LogP contribution >= 0.6 is 22.9 Å². The van der Waals surface area contributed by atoms with Gasteiger partial charge in [-0.05, 0) is 35.2 Å². The lowest BCUT2D eigenvalue weighted by molar-refractivity contribution is 0.223. The first-order valence-corrected chi connectivity index (χ1v) is 10.5. The van der Waals surface area contributed by atoms with Gasteiger partial charge in [-0.15, -0.1) is 11.3 Å². The smallest absolute Gasteiger partial charge is 0.226 e. The number of aromatic nitrogens is 3. The zero-order valence-electron chi connectivity index (χ0n) is 15.1. The molecule has 0 spiro atoms. The van der Waals surface area contributed by atoms with Gasteiger partial charge in [0.1, 0.15) is 24.2 Å². The van der Waals surface area contributed by atoms with Crippen LogP contribution in [-0.2, 0) is 0 Å². The molecule has 5 nitrogen and oxygen atoms in total. The third kappa shape index (κ3) is 2.60. The van der Waals surface area contributed by atoms with Crippen LogP contribution < -0.4 is 10.1 Å². The molecule has 0 fully saturated rings. The molecular formula is C22H15ClN4OS. The highest BCUT2D eigenvalue weighted by atomic mass is 35.5. The summed E-state index contributed by atoms with van der Waals surface area (Å²) in [7, 11) is 0. The van der Waals surface area contributed by atoms with Crippen molar-refractivity contribution in [1.29, 1.82) is 0 Å². The lowest BCUT2D eigenvalue weighted by Crippen LogP contribution is -2.32. The van der Waals surface area contributed by atoms with Crippen molar-refractivity contribution >= 4 is 34.6 Å². The first-order valence-electron chi connectivity index (χ1n) is 9.25. The number of hydrogen-bond donors (Lipinski definition) is 1. The maximum absolute atomic E-state index is 6.55. The van der Waals surface area contributed by atoms with Crippen molar-refractivity contribution in [3.8, 4) is 5.75 Å². The van der Waals surface area contributed by atoms with Gasteiger partial charge < -0.3 is 10.1 Å². The van der Waals surface area contributed by atoms with Crippen LogP contribution in [0.15, 0.2) is 77.9 Å². The molecule has 2 atom stereocenters. The predicted molar refractivity (Wildman–Crippen MR) is 114 cm³/mol. The van der Waals surface area contributed by atoms with Gasteiger partial charge in [-0.3, -0.25) is 0 Å². The van der Waals surface area contributed by atoms with Crippen molar-refractivity contribution in [1.82, 2.24) is 14.8 Å². The van der Waals surface area contributed by atoms with E-state index in [0.29, 0.717) is 11.0 Å². The van der Waals surface area contributed by atoms with Gasteiger partial charge in [0.15, 0.2) is 0 Å². The molecule has 0 saturated heterocycles.